The standard InChI is InChI=1S/C23H22N2OS/c1-4-17-6-8-18(9-7-17)12-25-14-24-22-21(23(25)26)20(13-27-22)19-10-5-15(2)11-16(19)3/h5-11,13-14H,4,12H2,1-3H3. The van der Waals surface area contributed by atoms with Crippen LogP contribution in [0, 0.1) is 13.8 Å². The van der Waals surface area contributed by atoms with Gasteiger partial charge in [0.1, 0.15) is 4.83 Å². The Morgan fingerprint density at radius 1 is 1.00 bits per heavy atom. The lowest BCUT2D eigenvalue weighted by atomic mass is 9.99. The van der Waals surface area contributed by atoms with E-state index in [2.05, 4.69) is 73.6 Å². The molecule has 0 bridgehead atoms. The summed E-state index contributed by atoms with van der Waals surface area (Å²) in [6.45, 7) is 6.85. The SMILES string of the molecule is CCc1ccc(Cn2cnc3scc(-c4ccc(C)cc4C)c3c2=O)cc1. The molecule has 136 valence electrons. The van der Waals surface area contributed by atoms with Crippen LogP contribution in [0.15, 0.2) is 59.0 Å². The zero-order valence-electron chi connectivity index (χ0n) is 15.8. The first kappa shape index (κ1) is 17.7. The second kappa shape index (κ2) is 7.12. The van der Waals surface area contributed by atoms with Gasteiger partial charge in [-0.25, -0.2) is 4.98 Å². The maximum absolute atomic E-state index is 13.2. The van der Waals surface area contributed by atoms with Gasteiger partial charge in [-0.1, -0.05) is 55.0 Å². The van der Waals surface area contributed by atoms with E-state index in [1.807, 2.05) is 0 Å². The third-order valence-corrected chi connectivity index (χ3v) is 5.90. The van der Waals surface area contributed by atoms with Crippen LogP contribution in [-0.4, -0.2) is 9.55 Å². The van der Waals surface area contributed by atoms with Crippen LogP contribution in [0.2, 0.25) is 0 Å². The Morgan fingerprint density at radius 3 is 2.44 bits per heavy atom. The van der Waals surface area contributed by atoms with Gasteiger partial charge in [0.15, 0.2) is 0 Å². The number of rotatable bonds is 4. The first-order chi connectivity index (χ1) is 13.1. The molecule has 4 rings (SSSR count). The average molecular weight is 375 g/mol. The van der Waals surface area contributed by atoms with Gasteiger partial charge in [0, 0.05) is 10.9 Å². The summed E-state index contributed by atoms with van der Waals surface area (Å²) in [4.78, 5) is 18.6. The van der Waals surface area contributed by atoms with Crippen LogP contribution < -0.4 is 5.56 Å². The number of aromatic nitrogens is 2. The highest BCUT2D eigenvalue weighted by Crippen LogP contribution is 2.33. The molecule has 0 spiro atoms. The minimum atomic E-state index is 0.0239. The van der Waals surface area contributed by atoms with E-state index in [-0.39, 0.29) is 5.56 Å². The van der Waals surface area contributed by atoms with Crippen molar-refractivity contribution in [2.45, 2.75) is 33.7 Å². The van der Waals surface area contributed by atoms with Gasteiger partial charge < -0.3 is 0 Å². The van der Waals surface area contributed by atoms with Gasteiger partial charge in [0.05, 0.1) is 18.3 Å². The number of hydrogen-bond acceptors (Lipinski definition) is 3. The van der Waals surface area contributed by atoms with Crippen LogP contribution in [0.1, 0.15) is 29.2 Å². The molecule has 0 amide bonds. The lowest BCUT2D eigenvalue weighted by Crippen LogP contribution is -2.21. The highest BCUT2D eigenvalue weighted by Gasteiger charge is 2.15. The number of hydrogen-bond donors (Lipinski definition) is 0. The lowest BCUT2D eigenvalue weighted by molar-refractivity contribution is 0.749. The van der Waals surface area contributed by atoms with Crippen LogP contribution in [0.4, 0.5) is 0 Å². The first-order valence-corrected chi connectivity index (χ1v) is 10.1. The predicted octanol–water partition coefficient (Wildman–Crippen LogP) is 5.35. The van der Waals surface area contributed by atoms with Crippen LogP contribution in [0.25, 0.3) is 21.3 Å². The Balaban J connectivity index is 1.80. The van der Waals surface area contributed by atoms with Crippen LogP contribution in [-0.2, 0) is 13.0 Å². The summed E-state index contributed by atoms with van der Waals surface area (Å²) in [6, 6.07) is 14.8. The van der Waals surface area contributed by atoms with Gasteiger partial charge in [0.2, 0.25) is 0 Å². The Bertz CT molecular complexity index is 1170. The van der Waals surface area contributed by atoms with Crippen LogP contribution in [0.5, 0.6) is 0 Å². The molecule has 0 aliphatic carbocycles. The van der Waals surface area contributed by atoms with Crippen molar-refractivity contribution in [3.8, 4) is 11.1 Å². The molecule has 27 heavy (non-hydrogen) atoms. The maximum atomic E-state index is 13.2. The fourth-order valence-electron chi connectivity index (χ4n) is 3.47. The summed E-state index contributed by atoms with van der Waals surface area (Å²) < 4.78 is 1.71. The van der Waals surface area contributed by atoms with Gasteiger partial charge in [-0.05, 0) is 42.5 Å². The summed E-state index contributed by atoms with van der Waals surface area (Å²) in [5, 5.41) is 2.77. The van der Waals surface area contributed by atoms with E-state index in [1.54, 1.807) is 10.9 Å². The fourth-order valence-corrected chi connectivity index (χ4v) is 4.37. The van der Waals surface area contributed by atoms with Crippen molar-refractivity contribution in [1.29, 1.82) is 0 Å². The van der Waals surface area contributed by atoms with Gasteiger partial charge >= 0.3 is 0 Å². The van der Waals surface area contributed by atoms with E-state index < -0.39 is 0 Å². The molecule has 0 fully saturated rings. The molecule has 3 nitrogen and oxygen atoms in total. The van der Waals surface area contributed by atoms with Crippen molar-refractivity contribution < 1.29 is 0 Å². The zero-order valence-corrected chi connectivity index (χ0v) is 16.6. The predicted molar refractivity (Wildman–Crippen MR) is 114 cm³/mol. The number of nitrogens with zero attached hydrogens (tertiary/aromatic N) is 2. The van der Waals surface area contributed by atoms with Crippen molar-refractivity contribution in [3.05, 3.63) is 86.8 Å². The van der Waals surface area contributed by atoms with E-state index in [0.717, 1.165) is 33.3 Å². The zero-order chi connectivity index (χ0) is 19.0. The number of thiophene rings is 1. The molecule has 2 aromatic heterocycles. The minimum Gasteiger partial charge on any atom is -0.294 e. The molecule has 0 saturated carbocycles. The third kappa shape index (κ3) is 3.33. The highest BCUT2D eigenvalue weighted by molar-refractivity contribution is 7.17. The van der Waals surface area contributed by atoms with Crippen LogP contribution >= 0.6 is 11.3 Å². The normalized spacial score (nSPS) is 11.2. The molecule has 2 heterocycles. The Kier molecular flexibility index (Phi) is 4.66. The van der Waals surface area contributed by atoms with Gasteiger partial charge in [0.25, 0.3) is 5.56 Å². The number of benzene rings is 2. The molecule has 2 aromatic carbocycles. The summed E-state index contributed by atoms with van der Waals surface area (Å²) >= 11 is 1.53. The van der Waals surface area contributed by atoms with E-state index in [9.17, 15) is 4.79 Å². The summed E-state index contributed by atoms with van der Waals surface area (Å²) in [5.74, 6) is 0. The molecular weight excluding hydrogens is 352 g/mol. The molecule has 0 aliphatic rings. The van der Waals surface area contributed by atoms with E-state index in [1.165, 1.54) is 28.0 Å². The highest BCUT2D eigenvalue weighted by atomic mass is 32.1. The van der Waals surface area contributed by atoms with Crippen LogP contribution in [0.3, 0.4) is 0 Å². The fraction of sp³-hybridized carbons (Fsp3) is 0.217. The Morgan fingerprint density at radius 2 is 1.74 bits per heavy atom. The second-order valence-corrected chi connectivity index (χ2v) is 7.85. The molecular formula is C23H22N2OS. The molecule has 0 saturated heterocycles. The van der Waals surface area contributed by atoms with E-state index in [0.29, 0.717) is 6.54 Å². The maximum Gasteiger partial charge on any atom is 0.263 e. The molecule has 4 heteroatoms. The van der Waals surface area contributed by atoms with E-state index >= 15 is 0 Å². The van der Waals surface area contributed by atoms with Crippen molar-refractivity contribution in [3.63, 3.8) is 0 Å². The molecule has 0 N–H and O–H groups in total. The Labute approximate surface area is 163 Å². The largest absolute Gasteiger partial charge is 0.294 e. The molecule has 0 atom stereocenters. The second-order valence-electron chi connectivity index (χ2n) is 7.00. The van der Waals surface area contributed by atoms with Gasteiger partial charge in [-0.3, -0.25) is 9.36 Å². The van der Waals surface area contributed by atoms with Gasteiger partial charge in [-0.2, -0.15) is 0 Å². The quantitative estimate of drug-likeness (QED) is 0.482. The van der Waals surface area contributed by atoms with Crippen molar-refractivity contribution in [1.82, 2.24) is 9.55 Å². The van der Waals surface area contributed by atoms with Crippen molar-refractivity contribution in [2.75, 3.05) is 0 Å². The first-order valence-electron chi connectivity index (χ1n) is 9.19. The minimum absolute atomic E-state index is 0.0239. The van der Waals surface area contributed by atoms with Crippen molar-refractivity contribution >= 4 is 21.6 Å². The topological polar surface area (TPSA) is 34.9 Å². The monoisotopic (exact) mass is 374 g/mol. The average Bonchev–Trinajstić information content (AvgIpc) is 3.09. The van der Waals surface area contributed by atoms with Crippen molar-refractivity contribution in [2.24, 2.45) is 0 Å². The lowest BCUT2D eigenvalue weighted by Gasteiger charge is -2.09. The Hall–Kier alpha value is -2.72. The molecule has 0 radical (unpaired) electrons. The van der Waals surface area contributed by atoms with Gasteiger partial charge in [-0.15, -0.1) is 11.3 Å². The molecule has 0 unspecified atom stereocenters. The third-order valence-electron chi connectivity index (χ3n) is 5.02. The number of fused-ring (bicyclic) bond motifs is 1. The smallest absolute Gasteiger partial charge is 0.263 e. The number of aryl methyl sites for hydroxylation is 3. The van der Waals surface area contributed by atoms with E-state index in [4.69, 9.17) is 0 Å². The molecule has 4 aromatic rings. The summed E-state index contributed by atoms with van der Waals surface area (Å²) in [6.07, 6.45) is 2.68. The summed E-state index contributed by atoms with van der Waals surface area (Å²) in [5.41, 5.74) is 6.93. The molecule has 0 aliphatic heterocycles. The summed E-state index contributed by atoms with van der Waals surface area (Å²) in [7, 11) is 0.